The van der Waals surface area contributed by atoms with E-state index in [9.17, 15) is 9.50 Å². The second-order valence-corrected chi connectivity index (χ2v) is 4.98. The van der Waals surface area contributed by atoms with Crippen molar-refractivity contribution < 1.29 is 9.50 Å². The van der Waals surface area contributed by atoms with Crippen molar-refractivity contribution in [1.82, 2.24) is 9.36 Å². The molecule has 1 aromatic heterocycles. The fraction of sp³-hybridized carbons (Fsp3) is 0.273. The van der Waals surface area contributed by atoms with E-state index in [1.165, 1.54) is 23.7 Å². The van der Waals surface area contributed by atoms with Crippen LogP contribution in [0.5, 0.6) is 0 Å². The summed E-state index contributed by atoms with van der Waals surface area (Å²) in [6.45, 7) is 1.67. The molecule has 1 atom stereocenters. The van der Waals surface area contributed by atoms with Gasteiger partial charge >= 0.3 is 0 Å². The van der Waals surface area contributed by atoms with Crippen molar-refractivity contribution in [2.24, 2.45) is 0 Å². The normalized spacial score (nSPS) is 12.4. The summed E-state index contributed by atoms with van der Waals surface area (Å²) in [5, 5.41) is 12.8. The van der Waals surface area contributed by atoms with Gasteiger partial charge in [0.25, 0.3) is 0 Å². The lowest BCUT2D eigenvalue weighted by atomic mass is 10.3. The lowest BCUT2D eigenvalue weighted by Crippen LogP contribution is -2.05. The highest BCUT2D eigenvalue weighted by atomic mass is 35.5. The summed E-state index contributed by atoms with van der Waals surface area (Å²) >= 11 is 6.85. The van der Waals surface area contributed by atoms with Crippen molar-refractivity contribution in [1.29, 1.82) is 0 Å². The van der Waals surface area contributed by atoms with Gasteiger partial charge in [-0.1, -0.05) is 11.6 Å². The molecule has 0 aliphatic heterocycles. The SMILES string of the molecule is CC(O)Cc1nsc(Nc2ccc(F)c(Cl)c2)n1. The highest BCUT2D eigenvalue weighted by molar-refractivity contribution is 7.09. The van der Waals surface area contributed by atoms with Crippen molar-refractivity contribution >= 4 is 34.0 Å². The molecule has 0 aliphatic rings. The molecule has 1 heterocycles. The third-order valence-corrected chi connectivity index (χ3v) is 3.07. The number of nitrogens with one attached hydrogen (secondary N) is 1. The molecule has 0 aliphatic carbocycles. The molecule has 2 rings (SSSR count). The monoisotopic (exact) mass is 287 g/mol. The van der Waals surface area contributed by atoms with Gasteiger partial charge in [0.2, 0.25) is 5.13 Å². The Morgan fingerprint density at radius 2 is 2.33 bits per heavy atom. The summed E-state index contributed by atoms with van der Waals surface area (Å²) in [4.78, 5) is 4.20. The van der Waals surface area contributed by atoms with Crippen molar-refractivity contribution in [2.75, 3.05) is 5.32 Å². The van der Waals surface area contributed by atoms with E-state index < -0.39 is 11.9 Å². The Morgan fingerprint density at radius 1 is 1.56 bits per heavy atom. The number of benzene rings is 1. The summed E-state index contributed by atoms with van der Waals surface area (Å²) in [5.74, 6) is 0.111. The molecule has 1 aromatic carbocycles. The average Bonchev–Trinajstić information content (AvgIpc) is 2.70. The first-order valence-corrected chi connectivity index (χ1v) is 6.42. The topological polar surface area (TPSA) is 58.0 Å². The molecular formula is C11H11ClFN3OS. The van der Waals surface area contributed by atoms with E-state index in [2.05, 4.69) is 14.7 Å². The fourth-order valence-corrected chi connectivity index (χ4v) is 2.15. The summed E-state index contributed by atoms with van der Waals surface area (Å²) in [6, 6.07) is 4.33. The number of hydrogen-bond acceptors (Lipinski definition) is 5. The van der Waals surface area contributed by atoms with Crippen LogP contribution >= 0.6 is 23.1 Å². The molecule has 2 aromatic rings. The third kappa shape index (κ3) is 3.38. The van der Waals surface area contributed by atoms with Crippen LogP contribution in [0.15, 0.2) is 18.2 Å². The molecule has 0 bridgehead atoms. The van der Waals surface area contributed by atoms with Gasteiger partial charge in [0.05, 0.1) is 11.1 Å². The van der Waals surface area contributed by atoms with Crippen molar-refractivity contribution in [3.8, 4) is 0 Å². The van der Waals surface area contributed by atoms with Crippen molar-refractivity contribution in [3.05, 3.63) is 34.9 Å². The van der Waals surface area contributed by atoms with Crippen LogP contribution in [0.2, 0.25) is 5.02 Å². The minimum absolute atomic E-state index is 0.0497. The number of aliphatic hydroxyl groups excluding tert-OH is 1. The minimum atomic E-state index is -0.479. The second-order valence-electron chi connectivity index (χ2n) is 3.82. The first-order chi connectivity index (χ1) is 8.54. The quantitative estimate of drug-likeness (QED) is 0.907. The molecule has 0 spiro atoms. The Bertz CT molecular complexity index is 547. The standard InChI is InChI=1S/C11H11ClFN3OS/c1-6(17)4-10-15-11(18-16-10)14-7-2-3-9(13)8(12)5-7/h2-3,5-6,17H,4H2,1H3,(H,14,15,16). The minimum Gasteiger partial charge on any atom is -0.393 e. The maximum Gasteiger partial charge on any atom is 0.207 e. The van der Waals surface area contributed by atoms with Crippen LogP contribution in [0.1, 0.15) is 12.7 Å². The Labute approximate surface area is 113 Å². The van der Waals surface area contributed by atoms with Gasteiger partial charge in [-0.2, -0.15) is 4.37 Å². The van der Waals surface area contributed by atoms with Crippen LogP contribution in [-0.2, 0) is 6.42 Å². The zero-order chi connectivity index (χ0) is 13.1. The van der Waals surface area contributed by atoms with E-state index in [1.807, 2.05) is 0 Å². The third-order valence-electron chi connectivity index (χ3n) is 2.12. The summed E-state index contributed by atoms with van der Waals surface area (Å²) in [6.07, 6.45) is -0.0739. The van der Waals surface area contributed by atoms with Crippen molar-refractivity contribution in [3.63, 3.8) is 0 Å². The number of anilines is 2. The molecule has 1 unspecified atom stereocenters. The number of hydrogen-bond donors (Lipinski definition) is 2. The predicted octanol–water partition coefficient (Wildman–Crippen LogP) is 3.00. The van der Waals surface area contributed by atoms with Crippen LogP contribution in [0.4, 0.5) is 15.2 Å². The maximum atomic E-state index is 13.0. The van der Waals surface area contributed by atoms with E-state index >= 15 is 0 Å². The van der Waals surface area contributed by atoms with Gasteiger partial charge in [-0.05, 0) is 25.1 Å². The van der Waals surface area contributed by atoms with E-state index in [4.69, 9.17) is 11.6 Å². The van der Waals surface area contributed by atoms with Crippen LogP contribution in [0, 0.1) is 5.82 Å². The molecule has 96 valence electrons. The van der Waals surface area contributed by atoms with Gasteiger partial charge in [-0.15, -0.1) is 0 Å². The largest absolute Gasteiger partial charge is 0.393 e. The zero-order valence-electron chi connectivity index (χ0n) is 9.52. The highest BCUT2D eigenvalue weighted by Crippen LogP contribution is 2.23. The molecule has 0 radical (unpaired) electrons. The van der Waals surface area contributed by atoms with Gasteiger partial charge in [0.1, 0.15) is 11.6 Å². The maximum absolute atomic E-state index is 13.0. The molecule has 0 saturated carbocycles. The molecule has 0 fully saturated rings. The Kier molecular flexibility index (Phi) is 4.11. The van der Waals surface area contributed by atoms with Crippen molar-refractivity contribution in [2.45, 2.75) is 19.4 Å². The molecule has 0 saturated heterocycles. The van der Waals surface area contributed by atoms with E-state index in [0.717, 1.165) is 0 Å². The molecule has 2 N–H and O–H groups in total. The van der Waals surface area contributed by atoms with E-state index in [1.54, 1.807) is 13.0 Å². The van der Waals surface area contributed by atoms with Crippen LogP contribution < -0.4 is 5.32 Å². The molecular weight excluding hydrogens is 277 g/mol. The highest BCUT2D eigenvalue weighted by Gasteiger charge is 2.08. The van der Waals surface area contributed by atoms with E-state index in [-0.39, 0.29) is 5.02 Å². The number of halogens is 2. The van der Waals surface area contributed by atoms with Gasteiger partial charge in [-0.3, -0.25) is 0 Å². The summed E-state index contributed by atoms with van der Waals surface area (Å²) < 4.78 is 17.1. The number of aromatic nitrogens is 2. The molecule has 4 nitrogen and oxygen atoms in total. The fourth-order valence-electron chi connectivity index (χ4n) is 1.35. The lowest BCUT2D eigenvalue weighted by Gasteiger charge is -2.02. The lowest BCUT2D eigenvalue weighted by molar-refractivity contribution is 0.193. The Morgan fingerprint density at radius 3 is 3.00 bits per heavy atom. The van der Waals surface area contributed by atoms with Gasteiger partial charge in [0.15, 0.2) is 0 Å². The summed E-state index contributed by atoms with van der Waals surface area (Å²) in [5.41, 5.74) is 0.640. The van der Waals surface area contributed by atoms with Crippen LogP contribution in [-0.4, -0.2) is 20.6 Å². The number of nitrogens with zero attached hydrogens (tertiary/aromatic N) is 2. The predicted molar refractivity (Wildman–Crippen MR) is 70.0 cm³/mol. The molecule has 18 heavy (non-hydrogen) atoms. The van der Waals surface area contributed by atoms with E-state index in [0.29, 0.717) is 23.1 Å². The first kappa shape index (κ1) is 13.2. The molecule has 0 amide bonds. The average molecular weight is 288 g/mol. The van der Waals surface area contributed by atoms with Gasteiger partial charge in [0, 0.05) is 23.6 Å². The van der Waals surface area contributed by atoms with Gasteiger partial charge < -0.3 is 10.4 Å². The molecule has 7 heteroatoms. The zero-order valence-corrected chi connectivity index (χ0v) is 11.1. The number of rotatable bonds is 4. The second kappa shape index (κ2) is 5.60. The van der Waals surface area contributed by atoms with Crippen LogP contribution in [0.25, 0.3) is 0 Å². The smallest absolute Gasteiger partial charge is 0.207 e. The van der Waals surface area contributed by atoms with Crippen LogP contribution in [0.3, 0.4) is 0 Å². The Hall–Kier alpha value is -1.24. The Balaban J connectivity index is 2.08. The van der Waals surface area contributed by atoms with Gasteiger partial charge in [-0.25, -0.2) is 9.37 Å². The summed E-state index contributed by atoms with van der Waals surface area (Å²) in [7, 11) is 0. The number of aliphatic hydroxyl groups is 1. The first-order valence-electron chi connectivity index (χ1n) is 5.27.